The molecule has 0 aliphatic carbocycles. The molecule has 5 nitrogen and oxygen atoms in total. The number of carbonyl (C=O) groups excluding carboxylic acids is 1. The summed E-state index contributed by atoms with van der Waals surface area (Å²) < 4.78 is 7.14. The molecule has 1 aromatic heterocycles. The zero-order valence-electron chi connectivity index (χ0n) is 15.6. The van der Waals surface area contributed by atoms with Gasteiger partial charge in [-0.25, -0.2) is 4.79 Å². The van der Waals surface area contributed by atoms with Crippen LogP contribution in [0.4, 0.5) is 0 Å². The molecule has 0 atom stereocenters. The minimum atomic E-state index is -0.351. The van der Waals surface area contributed by atoms with Crippen LogP contribution in [0, 0.1) is 22.7 Å². The second-order valence-electron chi connectivity index (χ2n) is 6.39. The third-order valence-electron chi connectivity index (χ3n) is 4.36. The zero-order valence-corrected chi connectivity index (χ0v) is 15.6. The lowest BCUT2D eigenvalue weighted by molar-refractivity contribution is 0.0525. The molecular formula is C23H19N3O2. The minimum Gasteiger partial charge on any atom is -0.462 e. The molecule has 1 heterocycles. The third-order valence-corrected chi connectivity index (χ3v) is 4.36. The average Bonchev–Trinajstić information content (AvgIpc) is 3.11. The van der Waals surface area contributed by atoms with Gasteiger partial charge in [0, 0.05) is 18.9 Å². The van der Waals surface area contributed by atoms with Crippen LogP contribution in [0.1, 0.15) is 45.1 Å². The number of hydrogen-bond acceptors (Lipinski definition) is 4. The molecule has 0 unspecified atom stereocenters. The summed E-state index contributed by atoms with van der Waals surface area (Å²) in [6.45, 7) is 2.64. The van der Waals surface area contributed by atoms with Gasteiger partial charge in [-0.3, -0.25) is 0 Å². The first-order chi connectivity index (χ1) is 13.6. The lowest BCUT2D eigenvalue weighted by atomic mass is 10.0. The fraction of sp³-hybridized carbons (Fsp3) is 0.174. The molecule has 0 radical (unpaired) electrons. The number of carbonyl (C=O) groups is 1. The van der Waals surface area contributed by atoms with E-state index in [-0.39, 0.29) is 5.97 Å². The SMILES string of the molecule is CCOC(=O)c1cn(Cc2cccc(C#N)c2)cc1Cc1ccc(C#N)cc1. The number of nitrogens with zero attached hydrogens (tertiary/aromatic N) is 3. The molecule has 5 heteroatoms. The Labute approximate surface area is 164 Å². The van der Waals surface area contributed by atoms with Gasteiger partial charge in [0.1, 0.15) is 0 Å². The van der Waals surface area contributed by atoms with Crippen LogP contribution in [0.15, 0.2) is 60.9 Å². The van der Waals surface area contributed by atoms with E-state index in [9.17, 15) is 4.79 Å². The fourth-order valence-electron chi connectivity index (χ4n) is 3.05. The summed E-state index contributed by atoms with van der Waals surface area (Å²) >= 11 is 0. The Morgan fingerprint density at radius 1 is 1.00 bits per heavy atom. The van der Waals surface area contributed by atoms with E-state index < -0.39 is 0 Å². The van der Waals surface area contributed by atoms with E-state index in [1.165, 1.54) is 0 Å². The Bertz CT molecular complexity index is 1070. The maximum atomic E-state index is 12.4. The molecule has 0 N–H and O–H groups in total. The molecule has 0 bridgehead atoms. The molecule has 138 valence electrons. The second-order valence-corrected chi connectivity index (χ2v) is 6.39. The van der Waals surface area contributed by atoms with E-state index in [4.69, 9.17) is 15.3 Å². The van der Waals surface area contributed by atoms with Crippen LogP contribution in [0.2, 0.25) is 0 Å². The Hall–Kier alpha value is -3.83. The standard InChI is InChI=1S/C23H19N3O2/c1-2-28-23(27)22-16-26(14-20-5-3-4-19(10-20)13-25)15-21(22)11-17-6-8-18(12-24)9-7-17/h3-10,15-16H,2,11,14H2,1H3. The van der Waals surface area contributed by atoms with Crippen molar-refractivity contribution in [3.63, 3.8) is 0 Å². The van der Waals surface area contributed by atoms with Crippen molar-refractivity contribution < 1.29 is 9.53 Å². The summed E-state index contributed by atoms with van der Waals surface area (Å²) in [5, 5.41) is 18.0. The summed E-state index contributed by atoms with van der Waals surface area (Å²) in [7, 11) is 0. The predicted molar refractivity (Wildman–Crippen MR) is 105 cm³/mol. The smallest absolute Gasteiger partial charge is 0.339 e. The van der Waals surface area contributed by atoms with E-state index in [1.807, 2.05) is 41.1 Å². The Balaban J connectivity index is 1.89. The maximum Gasteiger partial charge on any atom is 0.339 e. The third kappa shape index (κ3) is 4.47. The topological polar surface area (TPSA) is 78.8 Å². The number of esters is 1. The molecular weight excluding hydrogens is 350 g/mol. The van der Waals surface area contributed by atoms with Crippen molar-refractivity contribution in [3.8, 4) is 12.1 Å². The van der Waals surface area contributed by atoms with Gasteiger partial charge >= 0.3 is 5.97 Å². The van der Waals surface area contributed by atoms with Crippen molar-refractivity contribution in [3.05, 3.63) is 94.3 Å². The quantitative estimate of drug-likeness (QED) is 0.614. The molecule has 0 saturated heterocycles. The molecule has 0 amide bonds. The Kier molecular flexibility index (Phi) is 5.89. The second kappa shape index (κ2) is 8.70. The van der Waals surface area contributed by atoms with Crippen molar-refractivity contribution in [1.29, 1.82) is 10.5 Å². The first kappa shape index (κ1) is 18.9. The Morgan fingerprint density at radius 3 is 2.43 bits per heavy atom. The highest BCUT2D eigenvalue weighted by molar-refractivity contribution is 5.91. The van der Waals surface area contributed by atoms with E-state index in [1.54, 1.807) is 31.3 Å². The van der Waals surface area contributed by atoms with Gasteiger partial charge < -0.3 is 9.30 Å². The molecule has 3 aromatic rings. The first-order valence-corrected chi connectivity index (χ1v) is 8.96. The van der Waals surface area contributed by atoms with Crippen molar-refractivity contribution in [1.82, 2.24) is 4.57 Å². The van der Waals surface area contributed by atoms with Gasteiger partial charge in [-0.15, -0.1) is 0 Å². The lowest BCUT2D eigenvalue weighted by Gasteiger charge is -2.04. The molecule has 2 aromatic carbocycles. The fourth-order valence-corrected chi connectivity index (χ4v) is 3.05. The van der Waals surface area contributed by atoms with E-state index in [0.29, 0.717) is 36.3 Å². The Morgan fingerprint density at radius 2 is 1.75 bits per heavy atom. The molecule has 3 rings (SSSR count). The monoisotopic (exact) mass is 369 g/mol. The zero-order chi connectivity index (χ0) is 19.9. The summed E-state index contributed by atoms with van der Waals surface area (Å²) in [6, 6.07) is 19.0. The van der Waals surface area contributed by atoms with E-state index >= 15 is 0 Å². The summed E-state index contributed by atoms with van der Waals surface area (Å²) in [6.07, 6.45) is 4.28. The van der Waals surface area contributed by atoms with Crippen LogP contribution >= 0.6 is 0 Å². The average molecular weight is 369 g/mol. The maximum absolute atomic E-state index is 12.4. The largest absolute Gasteiger partial charge is 0.462 e. The molecule has 0 aliphatic rings. The molecule has 0 aliphatic heterocycles. The minimum absolute atomic E-state index is 0.310. The predicted octanol–water partition coefficient (Wildman–Crippen LogP) is 4.05. The van der Waals surface area contributed by atoms with Gasteiger partial charge in [-0.2, -0.15) is 10.5 Å². The number of ether oxygens (including phenoxy) is 1. The highest BCUT2D eigenvalue weighted by Gasteiger charge is 2.16. The van der Waals surface area contributed by atoms with E-state index in [2.05, 4.69) is 12.1 Å². The van der Waals surface area contributed by atoms with Crippen molar-refractivity contribution in [2.75, 3.05) is 6.61 Å². The highest BCUT2D eigenvalue weighted by Crippen LogP contribution is 2.19. The number of aromatic nitrogens is 1. The molecule has 28 heavy (non-hydrogen) atoms. The molecule has 0 fully saturated rings. The van der Waals surface area contributed by atoms with Gasteiger partial charge in [-0.05, 0) is 54.3 Å². The van der Waals surface area contributed by atoms with Crippen LogP contribution in [0.25, 0.3) is 0 Å². The number of nitriles is 2. The lowest BCUT2D eigenvalue weighted by Crippen LogP contribution is -2.06. The number of hydrogen-bond donors (Lipinski definition) is 0. The van der Waals surface area contributed by atoms with Gasteiger partial charge in [0.2, 0.25) is 0 Å². The van der Waals surface area contributed by atoms with Crippen molar-refractivity contribution in [2.24, 2.45) is 0 Å². The summed E-state index contributed by atoms with van der Waals surface area (Å²) in [4.78, 5) is 12.4. The van der Waals surface area contributed by atoms with Crippen LogP contribution in [-0.2, 0) is 17.7 Å². The van der Waals surface area contributed by atoms with Gasteiger partial charge in [0.15, 0.2) is 0 Å². The first-order valence-electron chi connectivity index (χ1n) is 8.96. The van der Waals surface area contributed by atoms with Crippen LogP contribution in [-0.4, -0.2) is 17.1 Å². The van der Waals surface area contributed by atoms with Gasteiger partial charge in [-0.1, -0.05) is 24.3 Å². The highest BCUT2D eigenvalue weighted by atomic mass is 16.5. The van der Waals surface area contributed by atoms with Crippen molar-refractivity contribution in [2.45, 2.75) is 19.9 Å². The van der Waals surface area contributed by atoms with Crippen LogP contribution in [0.5, 0.6) is 0 Å². The van der Waals surface area contributed by atoms with Crippen LogP contribution < -0.4 is 0 Å². The van der Waals surface area contributed by atoms with Gasteiger partial charge in [0.05, 0.1) is 35.4 Å². The molecule has 0 spiro atoms. The molecule has 0 saturated carbocycles. The van der Waals surface area contributed by atoms with E-state index in [0.717, 1.165) is 16.7 Å². The number of benzene rings is 2. The summed E-state index contributed by atoms with van der Waals surface area (Å²) in [5.41, 5.74) is 4.59. The summed E-state index contributed by atoms with van der Waals surface area (Å²) in [5.74, 6) is -0.351. The van der Waals surface area contributed by atoms with Gasteiger partial charge in [0.25, 0.3) is 0 Å². The van der Waals surface area contributed by atoms with Crippen molar-refractivity contribution >= 4 is 5.97 Å². The number of rotatable bonds is 6. The van der Waals surface area contributed by atoms with Crippen LogP contribution in [0.3, 0.4) is 0 Å². The normalized spacial score (nSPS) is 10.1.